The molecule has 0 saturated heterocycles. The zero-order valence-corrected chi connectivity index (χ0v) is 15.9. The maximum atomic E-state index is 12.5. The van der Waals surface area contributed by atoms with Crippen molar-refractivity contribution in [2.24, 2.45) is 5.92 Å². The first-order valence-electron chi connectivity index (χ1n) is 8.91. The Morgan fingerprint density at radius 1 is 0.929 bits per heavy atom. The third-order valence-electron chi connectivity index (χ3n) is 4.22. The number of Topliss-reactive ketones (excluding diaryl/α,β-unsaturated/α-hetero) is 1. The molecule has 7 heteroatoms. The van der Waals surface area contributed by atoms with Crippen molar-refractivity contribution < 1.29 is 28.6 Å². The van der Waals surface area contributed by atoms with Gasteiger partial charge in [0.1, 0.15) is 0 Å². The van der Waals surface area contributed by atoms with Gasteiger partial charge in [-0.25, -0.2) is 4.79 Å². The first-order chi connectivity index (χ1) is 13.3. The highest BCUT2D eigenvalue weighted by Crippen LogP contribution is 2.32. The van der Waals surface area contributed by atoms with Crippen molar-refractivity contribution in [1.29, 1.82) is 0 Å². The number of rotatable bonds is 6. The third-order valence-corrected chi connectivity index (χ3v) is 4.22. The predicted octanol–water partition coefficient (Wildman–Crippen LogP) is 3.44. The molecule has 1 amide bonds. The average Bonchev–Trinajstić information content (AvgIpc) is 3.15. The van der Waals surface area contributed by atoms with Crippen LogP contribution in [0.25, 0.3) is 0 Å². The highest BCUT2D eigenvalue weighted by Gasteiger charge is 2.22. The largest absolute Gasteiger partial charge is 0.454 e. The van der Waals surface area contributed by atoms with Crippen LogP contribution in [0.3, 0.4) is 0 Å². The minimum absolute atomic E-state index is 0.106. The van der Waals surface area contributed by atoms with Gasteiger partial charge >= 0.3 is 5.97 Å². The smallest absolute Gasteiger partial charge is 0.338 e. The Morgan fingerprint density at radius 3 is 2.25 bits per heavy atom. The highest BCUT2D eigenvalue weighted by molar-refractivity contribution is 6.02. The molecule has 28 heavy (non-hydrogen) atoms. The van der Waals surface area contributed by atoms with E-state index < -0.39 is 12.1 Å². The van der Waals surface area contributed by atoms with Crippen LogP contribution in [-0.2, 0) is 9.53 Å². The fraction of sp³-hybridized carbons (Fsp3) is 0.286. The molecule has 0 fully saturated rings. The van der Waals surface area contributed by atoms with E-state index in [9.17, 15) is 14.4 Å². The van der Waals surface area contributed by atoms with E-state index in [1.54, 1.807) is 50.2 Å². The standard InChI is InChI=1S/C21H21NO6/c1-12(2)20(24)22-16-7-4-14(5-8-16)19(23)13(3)28-21(25)15-6-9-17-18(10-15)27-11-26-17/h4-10,12-13H,11H2,1-3H3,(H,22,24)/t13-/m0/s1. The van der Waals surface area contributed by atoms with Crippen LogP contribution >= 0.6 is 0 Å². The Kier molecular flexibility index (Phi) is 5.63. The molecule has 0 spiro atoms. The summed E-state index contributed by atoms with van der Waals surface area (Å²) >= 11 is 0. The summed E-state index contributed by atoms with van der Waals surface area (Å²) in [5.74, 6) is -0.185. The number of fused-ring (bicyclic) bond motifs is 1. The highest BCUT2D eigenvalue weighted by atomic mass is 16.7. The van der Waals surface area contributed by atoms with Crippen molar-refractivity contribution in [3.05, 3.63) is 53.6 Å². The van der Waals surface area contributed by atoms with Crippen LogP contribution in [0.5, 0.6) is 11.5 Å². The van der Waals surface area contributed by atoms with Gasteiger partial charge in [-0.2, -0.15) is 0 Å². The minimum atomic E-state index is -0.964. The topological polar surface area (TPSA) is 90.9 Å². The number of anilines is 1. The Hall–Kier alpha value is -3.35. The number of hydrogen-bond donors (Lipinski definition) is 1. The van der Waals surface area contributed by atoms with Gasteiger partial charge in [-0.3, -0.25) is 9.59 Å². The predicted molar refractivity (Wildman–Crippen MR) is 102 cm³/mol. The van der Waals surface area contributed by atoms with Crippen LogP contribution < -0.4 is 14.8 Å². The maximum Gasteiger partial charge on any atom is 0.338 e. The van der Waals surface area contributed by atoms with E-state index in [0.29, 0.717) is 22.7 Å². The van der Waals surface area contributed by atoms with Crippen LogP contribution in [0.2, 0.25) is 0 Å². The second-order valence-electron chi connectivity index (χ2n) is 6.70. The second-order valence-corrected chi connectivity index (χ2v) is 6.70. The number of carbonyl (C=O) groups excluding carboxylic acids is 3. The lowest BCUT2D eigenvalue weighted by Gasteiger charge is -2.13. The molecular formula is C21H21NO6. The van der Waals surface area contributed by atoms with Crippen molar-refractivity contribution in [2.75, 3.05) is 12.1 Å². The SMILES string of the molecule is CC(C)C(=O)Nc1ccc(C(=O)[C@H](C)OC(=O)c2ccc3c(c2)OCO3)cc1. The first-order valence-corrected chi connectivity index (χ1v) is 8.91. The Morgan fingerprint density at radius 2 is 1.57 bits per heavy atom. The molecule has 3 rings (SSSR count). The summed E-state index contributed by atoms with van der Waals surface area (Å²) in [7, 11) is 0. The molecule has 146 valence electrons. The van der Waals surface area contributed by atoms with Crippen molar-refractivity contribution >= 4 is 23.3 Å². The van der Waals surface area contributed by atoms with E-state index in [1.807, 2.05) is 0 Å². The molecule has 0 unspecified atom stereocenters. The lowest BCUT2D eigenvalue weighted by molar-refractivity contribution is -0.118. The van der Waals surface area contributed by atoms with E-state index in [0.717, 1.165) is 0 Å². The van der Waals surface area contributed by atoms with Gasteiger partial charge in [-0.05, 0) is 49.4 Å². The summed E-state index contributed by atoms with van der Waals surface area (Å²) in [5, 5.41) is 2.75. The molecule has 0 aromatic heterocycles. The lowest BCUT2D eigenvalue weighted by atomic mass is 10.1. The Bertz CT molecular complexity index is 904. The van der Waals surface area contributed by atoms with Gasteiger partial charge in [-0.15, -0.1) is 0 Å². The minimum Gasteiger partial charge on any atom is -0.454 e. The normalized spacial score (nSPS) is 13.1. The number of ether oxygens (including phenoxy) is 3. The summed E-state index contributed by atoms with van der Waals surface area (Å²) in [5.41, 5.74) is 1.25. The van der Waals surface area contributed by atoms with Crippen molar-refractivity contribution in [3.8, 4) is 11.5 Å². The van der Waals surface area contributed by atoms with Gasteiger partial charge in [0.05, 0.1) is 5.56 Å². The number of esters is 1. The van der Waals surface area contributed by atoms with Gasteiger partial charge in [0.2, 0.25) is 18.5 Å². The summed E-state index contributed by atoms with van der Waals surface area (Å²) in [6.07, 6.45) is -0.964. The molecule has 1 N–H and O–H groups in total. The van der Waals surface area contributed by atoms with E-state index in [4.69, 9.17) is 14.2 Å². The first kappa shape index (κ1) is 19.4. The number of carbonyl (C=O) groups is 3. The quantitative estimate of drug-likeness (QED) is 0.607. The third kappa shape index (κ3) is 4.31. The zero-order valence-electron chi connectivity index (χ0n) is 15.9. The van der Waals surface area contributed by atoms with E-state index >= 15 is 0 Å². The molecule has 1 heterocycles. The molecule has 1 aliphatic heterocycles. The van der Waals surface area contributed by atoms with Crippen LogP contribution in [0.4, 0.5) is 5.69 Å². The molecule has 0 bridgehead atoms. The number of nitrogens with one attached hydrogen (secondary N) is 1. The summed E-state index contributed by atoms with van der Waals surface area (Å²) in [4.78, 5) is 36.6. The molecule has 0 radical (unpaired) electrons. The number of hydrogen-bond acceptors (Lipinski definition) is 6. The molecular weight excluding hydrogens is 362 g/mol. The number of benzene rings is 2. The van der Waals surface area contributed by atoms with Crippen molar-refractivity contribution in [2.45, 2.75) is 26.9 Å². The molecule has 2 aromatic rings. The molecule has 7 nitrogen and oxygen atoms in total. The molecule has 0 saturated carbocycles. The van der Waals surface area contributed by atoms with Crippen molar-refractivity contribution in [1.82, 2.24) is 0 Å². The maximum absolute atomic E-state index is 12.5. The monoisotopic (exact) mass is 383 g/mol. The van der Waals surface area contributed by atoms with Crippen LogP contribution in [0.1, 0.15) is 41.5 Å². The van der Waals surface area contributed by atoms with Crippen LogP contribution in [0, 0.1) is 5.92 Å². The van der Waals surface area contributed by atoms with Crippen molar-refractivity contribution in [3.63, 3.8) is 0 Å². The summed E-state index contributed by atoms with van der Waals surface area (Å²) in [6, 6.07) is 11.1. The van der Waals surface area contributed by atoms with Gasteiger partial charge in [0, 0.05) is 17.2 Å². The molecule has 1 aliphatic rings. The van der Waals surface area contributed by atoms with Gasteiger partial charge in [0.15, 0.2) is 17.6 Å². The number of amides is 1. The second kappa shape index (κ2) is 8.12. The van der Waals surface area contributed by atoms with Gasteiger partial charge in [-0.1, -0.05) is 13.8 Å². The van der Waals surface area contributed by atoms with E-state index in [2.05, 4.69) is 5.32 Å². The van der Waals surface area contributed by atoms with Crippen LogP contribution in [-0.4, -0.2) is 30.6 Å². The Labute approximate surface area is 162 Å². The fourth-order valence-corrected chi connectivity index (χ4v) is 2.54. The molecule has 2 aromatic carbocycles. The lowest BCUT2D eigenvalue weighted by Crippen LogP contribution is -2.24. The summed E-state index contributed by atoms with van der Waals surface area (Å²) < 4.78 is 15.7. The molecule has 1 atom stereocenters. The fourth-order valence-electron chi connectivity index (χ4n) is 2.54. The summed E-state index contributed by atoms with van der Waals surface area (Å²) in [6.45, 7) is 5.21. The Balaban J connectivity index is 1.62. The van der Waals surface area contributed by atoms with Gasteiger partial charge < -0.3 is 19.5 Å². The van der Waals surface area contributed by atoms with E-state index in [1.165, 1.54) is 13.0 Å². The molecule has 0 aliphatic carbocycles. The van der Waals surface area contributed by atoms with Gasteiger partial charge in [0.25, 0.3) is 0 Å². The van der Waals surface area contributed by atoms with E-state index in [-0.39, 0.29) is 30.0 Å². The number of ketones is 1. The van der Waals surface area contributed by atoms with Crippen LogP contribution in [0.15, 0.2) is 42.5 Å². The average molecular weight is 383 g/mol. The zero-order chi connectivity index (χ0) is 20.3.